The Morgan fingerprint density at radius 2 is 2.09 bits per heavy atom. The number of hydrogen-bond donors (Lipinski definition) is 1. The first-order chi connectivity index (χ1) is 10.4. The monoisotopic (exact) mass is 325 g/mol. The van der Waals surface area contributed by atoms with Crippen LogP contribution in [0.5, 0.6) is 5.75 Å². The summed E-state index contributed by atoms with van der Waals surface area (Å²) in [6.45, 7) is 6.99. The minimum absolute atomic E-state index is 0.0209. The standard InChI is InChI=1S/C17H24ClNO3/c1-11-7-15(8-12(2)17(11)18)22-10-16(21)19-6-4-5-14(9-19)13(3)20/h7-8,13-14,20H,4-6,9-10H2,1-3H3. The summed E-state index contributed by atoms with van der Waals surface area (Å²) in [6.07, 6.45) is 1.52. The molecule has 122 valence electrons. The van der Waals surface area contributed by atoms with Crippen molar-refractivity contribution in [2.45, 2.75) is 39.7 Å². The van der Waals surface area contributed by atoms with Crippen molar-refractivity contribution >= 4 is 17.5 Å². The van der Waals surface area contributed by atoms with Crippen molar-refractivity contribution in [2.75, 3.05) is 19.7 Å². The maximum atomic E-state index is 12.3. The predicted octanol–water partition coefficient (Wildman–Crippen LogP) is 2.96. The van der Waals surface area contributed by atoms with Gasteiger partial charge in [0.2, 0.25) is 0 Å². The third-order valence-corrected chi connectivity index (χ3v) is 4.86. The van der Waals surface area contributed by atoms with Gasteiger partial charge >= 0.3 is 0 Å². The number of rotatable bonds is 4. The van der Waals surface area contributed by atoms with Gasteiger partial charge in [-0.15, -0.1) is 0 Å². The third kappa shape index (κ3) is 4.14. The Balaban J connectivity index is 1.92. The fourth-order valence-corrected chi connectivity index (χ4v) is 2.97. The van der Waals surface area contributed by atoms with Gasteiger partial charge in [-0.1, -0.05) is 11.6 Å². The van der Waals surface area contributed by atoms with Gasteiger partial charge in [0.15, 0.2) is 6.61 Å². The van der Waals surface area contributed by atoms with Gasteiger partial charge in [0, 0.05) is 24.0 Å². The van der Waals surface area contributed by atoms with E-state index in [0.29, 0.717) is 12.3 Å². The molecule has 0 aromatic heterocycles. The summed E-state index contributed by atoms with van der Waals surface area (Å²) in [5, 5.41) is 10.4. The lowest BCUT2D eigenvalue weighted by molar-refractivity contribution is -0.136. The smallest absolute Gasteiger partial charge is 0.260 e. The average molecular weight is 326 g/mol. The van der Waals surface area contributed by atoms with Crippen LogP contribution in [0, 0.1) is 19.8 Å². The quantitative estimate of drug-likeness (QED) is 0.926. The second-order valence-corrected chi connectivity index (χ2v) is 6.52. The maximum absolute atomic E-state index is 12.3. The molecule has 22 heavy (non-hydrogen) atoms. The number of halogens is 1. The van der Waals surface area contributed by atoms with Crippen LogP contribution in [0.15, 0.2) is 12.1 Å². The van der Waals surface area contributed by atoms with Gasteiger partial charge in [-0.3, -0.25) is 4.79 Å². The number of aliphatic hydroxyl groups is 1. The van der Waals surface area contributed by atoms with E-state index in [0.717, 1.165) is 35.5 Å². The minimum atomic E-state index is -0.377. The molecule has 1 heterocycles. The van der Waals surface area contributed by atoms with Crippen LogP contribution in [0.4, 0.5) is 0 Å². The maximum Gasteiger partial charge on any atom is 0.260 e. The van der Waals surface area contributed by atoms with Crippen molar-refractivity contribution in [3.05, 3.63) is 28.3 Å². The molecule has 4 nitrogen and oxygen atoms in total. The molecule has 1 aliphatic heterocycles. The second-order valence-electron chi connectivity index (χ2n) is 6.14. The van der Waals surface area contributed by atoms with Gasteiger partial charge in [0.1, 0.15) is 5.75 Å². The molecule has 1 fully saturated rings. The lowest BCUT2D eigenvalue weighted by Crippen LogP contribution is -2.44. The predicted molar refractivity (Wildman–Crippen MR) is 87.4 cm³/mol. The summed E-state index contributed by atoms with van der Waals surface area (Å²) in [4.78, 5) is 14.1. The van der Waals surface area contributed by atoms with Crippen LogP contribution < -0.4 is 4.74 Å². The van der Waals surface area contributed by atoms with E-state index in [1.54, 1.807) is 11.8 Å². The molecule has 1 saturated heterocycles. The molecule has 1 N–H and O–H groups in total. The number of amides is 1. The number of likely N-dealkylation sites (tertiary alicyclic amines) is 1. The first kappa shape index (κ1) is 17.1. The van der Waals surface area contributed by atoms with Crippen molar-refractivity contribution in [3.8, 4) is 5.75 Å². The third-order valence-electron chi connectivity index (χ3n) is 4.27. The molecule has 0 bridgehead atoms. The van der Waals surface area contributed by atoms with Gasteiger partial charge in [0.05, 0.1) is 6.10 Å². The summed E-state index contributed by atoms with van der Waals surface area (Å²) in [5.74, 6) is 0.796. The number of piperidine rings is 1. The summed E-state index contributed by atoms with van der Waals surface area (Å²) in [7, 11) is 0. The molecule has 5 heteroatoms. The lowest BCUT2D eigenvalue weighted by atomic mass is 9.93. The summed E-state index contributed by atoms with van der Waals surface area (Å²) >= 11 is 6.13. The molecule has 2 rings (SSSR count). The number of nitrogens with zero attached hydrogens (tertiary/aromatic N) is 1. The molecule has 1 aromatic rings. The van der Waals surface area contributed by atoms with Crippen molar-refractivity contribution in [1.29, 1.82) is 0 Å². The highest BCUT2D eigenvalue weighted by Gasteiger charge is 2.26. The van der Waals surface area contributed by atoms with E-state index >= 15 is 0 Å². The highest BCUT2D eigenvalue weighted by Crippen LogP contribution is 2.26. The topological polar surface area (TPSA) is 49.8 Å². The van der Waals surface area contributed by atoms with Crippen LogP contribution in [0.25, 0.3) is 0 Å². The van der Waals surface area contributed by atoms with Crippen LogP contribution >= 0.6 is 11.6 Å². The van der Waals surface area contributed by atoms with Crippen molar-refractivity contribution in [3.63, 3.8) is 0 Å². The molecule has 1 amide bonds. The van der Waals surface area contributed by atoms with Gasteiger partial charge in [0.25, 0.3) is 5.91 Å². The summed E-state index contributed by atoms with van der Waals surface area (Å²) in [5.41, 5.74) is 1.88. The number of ether oxygens (including phenoxy) is 1. The number of carbonyl (C=O) groups excluding carboxylic acids is 1. The largest absolute Gasteiger partial charge is 0.484 e. The Labute approximate surface area is 137 Å². The van der Waals surface area contributed by atoms with Crippen LogP contribution in [0.2, 0.25) is 5.02 Å². The Bertz CT molecular complexity index is 522. The zero-order chi connectivity index (χ0) is 16.3. The van der Waals surface area contributed by atoms with Crippen LogP contribution in [0.3, 0.4) is 0 Å². The van der Waals surface area contributed by atoms with Crippen LogP contribution in [-0.2, 0) is 4.79 Å². The van der Waals surface area contributed by atoms with Crippen LogP contribution in [0.1, 0.15) is 30.9 Å². The number of aliphatic hydroxyl groups excluding tert-OH is 1. The summed E-state index contributed by atoms with van der Waals surface area (Å²) < 4.78 is 5.62. The number of aryl methyl sites for hydroxylation is 2. The van der Waals surface area contributed by atoms with E-state index in [1.807, 2.05) is 26.0 Å². The second kappa shape index (κ2) is 7.34. The molecule has 0 saturated carbocycles. The molecule has 0 spiro atoms. The van der Waals surface area contributed by atoms with Crippen LogP contribution in [-0.4, -0.2) is 41.7 Å². The number of hydrogen-bond acceptors (Lipinski definition) is 3. The normalized spacial score (nSPS) is 19.9. The Morgan fingerprint density at radius 1 is 1.45 bits per heavy atom. The number of benzene rings is 1. The molecule has 2 atom stereocenters. The van der Waals surface area contributed by atoms with E-state index in [1.165, 1.54) is 0 Å². The summed E-state index contributed by atoms with van der Waals surface area (Å²) in [6, 6.07) is 3.69. The van der Waals surface area contributed by atoms with Gasteiger partial charge in [-0.2, -0.15) is 0 Å². The lowest BCUT2D eigenvalue weighted by Gasteiger charge is -2.34. The Morgan fingerprint density at radius 3 is 2.68 bits per heavy atom. The minimum Gasteiger partial charge on any atom is -0.484 e. The van der Waals surface area contributed by atoms with E-state index in [9.17, 15) is 9.90 Å². The first-order valence-electron chi connectivity index (χ1n) is 7.74. The first-order valence-corrected chi connectivity index (χ1v) is 8.11. The molecular weight excluding hydrogens is 302 g/mol. The SMILES string of the molecule is Cc1cc(OCC(=O)N2CCCC(C(C)O)C2)cc(C)c1Cl. The van der Waals surface area contributed by atoms with Crippen molar-refractivity contribution in [1.82, 2.24) is 4.90 Å². The van der Waals surface area contributed by atoms with E-state index < -0.39 is 0 Å². The van der Waals surface area contributed by atoms with E-state index in [2.05, 4.69) is 0 Å². The fraction of sp³-hybridized carbons (Fsp3) is 0.588. The fourth-order valence-electron chi connectivity index (χ4n) is 2.86. The van der Waals surface area contributed by atoms with Gasteiger partial charge in [-0.25, -0.2) is 0 Å². The molecule has 1 aromatic carbocycles. The zero-order valence-electron chi connectivity index (χ0n) is 13.4. The van der Waals surface area contributed by atoms with E-state index in [-0.39, 0.29) is 24.5 Å². The zero-order valence-corrected chi connectivity index (χ0v) is 14.2. The van der Waals surface area contributed by atoms with Gasteiger partial charge < -0.3 is 14.7 Å². The Hall–Kier alpha value is -1.26. The van der Waals surface area contributed by atoms with Gasteiger partial charge in [-0.05, 0) is 56.9 Å². The molecule has 1 aliphatic rings. The van der Waals surface area contributed by atoms with Crippen molar-refractivity contribution in [2.24, 2.45) is 5.92 Å². The molecule has 0 aliphatic carbocycles. The van der Waals surface area contributed by atoms with Crippen molar-refractivity contribution < 1.29 is 14.6 Å². The molecule has 0 radical (unpaired) electrons. The highest BCUT2D eigenvalue weighted by atomic mass is 35.5. The highest BCUT2D eigenvalue weighted by molar-refractivity contribution is 6.32. The molecule has 2 unspecified atom stereocenters. The number of carbonyl (C=O) groups is 1. The average Bonchev–Trinajstić information content (AvgIpc) is 2.50. The Kier molecular flexibility index (Phi) is 5.70. The molecular formula is C17H24ClNO3. The van der Waals surface area contributed by atoms with E-state index in [4.69, 9.17) is 16.3 Å².